The number of hydrogen-bond acceptors (Lipinski definition) is 5. The maximum absolute atomic E-state index is 12.8. The molecule has 1 atom stereocenters. The second-order valence-electron chi connectivity index (χ2n) is 5.42. The van der Waals surface area contributed by atoms with Crippen LogP contribution in [-0.2, 0) is 9.59 Å². The molecule has 2 rings (SSSR count). The Morgan fingerprint density at radius 2 is 1.73 bits per heavy atom. The molecule has 2 amide bonds. The minimum atomic E-state index is -0.758. The van der Waals surface area contributed by atoms with Crippen molar-refractivity contribution < 1.29 is 14.4 Å². The van der Waals surface area contributed by atoms with Crippen LogP contribution in [0.5, 0.6) is 0 Å². The van der Waals surface area contributed by atoms with E-state index in [2.05, 4.69) is 23.3 Å². The Hall–Kier alpha value is -2.35. The predicted octanol–water partition coefficient (Wildman–Crippen LogP) is 2.49. The van der Waals surface area contributed by atoms with Crippen LogP contribution >= 0.6 is 25.0 Å². The van der Waals surface area contributed by atoms with Crippen LogP contribution in [-0.4, -0.2) is 29.4 Å². The quantitative estimate of drug-likeness (QED) is 0.447. The smallest absolute Gasteiger partial charge is 0.242 e. The van der Waals surface area contributed by atoms with Gasteiger partial charge in [0.05, 0.1) is 11.7 Å². The Labute approximate surface area is 163 Å². The molecule has 0 heterocycles. The number of amides is 2. The summed E-state index contributed by atoms with van der Waals surface area (Å²) in [7, 11) is 0. The number of hydrogen-bond donors (Lipinski definition) is 4. The van der Waals surface area contributed by atoms with Gasteiger partial charge in [-0.1, -0.05) is 30.3 Å². The number of anilines is 2. The van der Waals surface area contributed by atoms with Crippen LogP contribution in [0, 0.1) is 0 Å². The summed E-state index contributed by atoms with van der Waals surface area (Å²) in [6.45, 7) is 1.36. The zero-order valence-electron chi connectivity index (χ0n) is 14.1. The fraction of sp³-hybridized carbons (Fsp3) is 0.167. The Morgan fingerprint density at radius 1 is 1.08 bits per heavy atom. The van der Waals surface area contributed by atoms with Crippen LogP contribution in [0.1, 0.15) is 22.8 Å². The summed E-state index contributed by atoms with van der Waals surface area (Å²) in [5.41, 5.74) is 7.18. The third-order valence-corrected chi connectivity index (χ3v) is 3.81. The van der Waals surface area contributed by atoms with E-state index in [9.17, 15) is 14.4 Å². The minimum absolute atomic E-state index is 0. The van der Waals surface area contributed by atoms with Gasteiger partial charge in [0.25, 0.3) is 0 Å². The molecule has 0 fully saturated rings. The second kappa shape index (κ2) is 9.96. The first-order valence-corrected chi connectivity index (χ1v) is 8.24. The average molecular weight is 394 g/mol. The Balaban J connectivity index is 0.00000338. The van der Waals surface area contributed by atoms with E-state index in [1.54, 1.807) is 42.5 Å². The van der Waals surface area contributed by atoms with Crippen LogP contribution in [0.4, 0.5) is 11.4 Å². The summed E-state index contributed by atoms with van der Waals surface area (Å²) in [4.78, 5) is 36.1. The highest BCUT2D eigenvalue weighted by Gasteiger charge is 2.17. The van der Waals surface area contributed by atoms with Crippen LogP contribution < -0.4 is 16.4 Å². The van der Waals surface area contributed by atoms with Crippen LogP contribution in [0.2, 0.25) is 0 Å². The second-order valence-corrected chi connectivity index (χ2v) is 5.78. The molecule has 138 valence electrons. The van der Waals surface area contributed by atoms with Gasteiger partial charge in [-0.25, -0.2) is 0 Å². The third-order valence-electron chi connectivity index (χ3n) is 3.41. The number of rotatable bonds is 6. The molecular formula is C18H20ClN3O3S. The summed E-state index contributed by atoms with van der Waals surface area (Å²) in [6.07, 6.45) is 0. The van der Waals surface area contributed by atoms with E-state index in [0.29, 0.717) is 16.9 Å². The summed E-state index contributed by atoms with van der Waals surface area (Å²) >= 11 is 3.99. The van der Waals surface area contributed by atoms with Gasteiger partial charge in [0.15, 0.2) is 5.78 Å². The topological polar surface area (TPSA) is 101 Å². The molecule has 0 aliphatic rings. The zero-order chi connectivity index (χ0) is 18.4. The zero-order valence-corrected chi connectivity index (χ0v) is 15.8. The molecule has 2 aromatic rings. The normalized spacial score (nSPS) is 11.0. The lowest BCUT2D eigenvalue weighted by molar-refractivity contribution is -0.117. The number of carbonyl (C=O) groups excluding carboxylic acids is 3. The van der Waals surface area contributed by atoms with Gasteiger partial charge in [-0.3, -0.25) is 14.4 Å². The molecule has 0 saturated carbocycles. The third kappa shape index (κ3) is 5.59. The van der Waals surface area contributed by atoms with Crippen molar-refractivity contribution in [3.8, 4) is 0 Å². The molecule has 6 nitrogen and oxygen atoms in total. The summed E-state index contributed by atoms with van der Waals surface area (Å²) in [5.74, 6) is -0.763. The van der Waals surface area contributed by atoms with Crippen molar-refractivity contribution in [2.24, 2.45) is 5.73 Å². The van der Waals surface area contributed by atoms with Crippen molar-refractivity contribution in [1.29, 1.82) is 0 Å². The number of nitrogens with one attached hydrogen (secondary N) is 2. The van der Waals surface area contributed by atoms with Gasteiger partial charge in [-0.05, 0) is 18.2 Å². The van der Waals surface area contributed by atoms with Crippen LogP contribution in [0.15, 0.2) is 48.5 Å². The van der Waals surface area contributed by atoms with Gasteiger partial charge in [-0.2, -0.15) is 12.6 Å². The van der Waals surface area contributed by atoms with E-state index in [-0.39, 0.29) is 35.4 Å². The molecule has 4 N–H and O–H groups in total. The van der Waals surface area contributed by atoms with Gasteiger partial charge >= 0.3 is 0 Å². The maximum atomic E-state index is 12.8. The van der Waals surface area contributed by atoms with Gasteiger partial charge in [0, 0.05) is 29.5 Å². The Morgan fingerprint density at radius 3 is 2.31 bits per heavy atom. The molecule has 26 heavy (non-hydrogen) atoms. The molecule has 0 aliphatic carbocycles. The first-order chi connectivity index (χ1) is 11.9. The highest BCUT2D eigenvalue weighted by molar-refractivity contribution is 7.80. The van der Waals surface area contributed by atoms with E-state index in [1.165, 1.54) is 13.0 Å². The number of benzene rings is 2. The van der Waals surface area contributed by atoms with Crippen LogP contribution in [0.25, 0.3) is 0 Å². The Kier molecular flexibility index (Phi) is 8.31. The fourth-order valence-corrected chi connectivity index (χ4v) is 2.34. The number of ketones is 1. The Bertz CT molecular complexity index is 800. The monoisotopic (exact) mass is 393 g/mol. The summed E-state index contributed by atoms with van der Waals surface area (Å²) in [6, 6.07) is 12.6. The molecule has 0 spiro atoms. The van der Waals surface area contributed by atoms with Crippen molar-refractivity contribution in [1.82, 2.24) is 0 Å². The molecule has 8 heteroatoms. The lowest BCUT2D eigenvalue weighted by atomic mass is 10.0. The summed E-state index contributed by atoms with van der Waals surface area (Å²) < 4.78 is 0. The molecule has 0 unspecified atom stereocenters. The molecule has 2 aromatic carbocycles. The SMILES string of the molecule is CC(=O)Nc1ccc(NC(=O)[C@@H](N)CS)cc1C(=O)c1ccccc1.Cl. The van der Waals surface area contributed by atoms with Crippen molar-refractivity contribution in [3.05, 3.63) is 59.7 Å². The predicted molar refractivity (Wildman–Crippen MR) is 108 cm³/mol. The molecular weight excluding hydrogens is 374 g/mol. The number of nitrogens with two attached hydrogens (primary N) is 1. The average Bonchev–Trinajstić information content (AvgIpc) is 2.61. The minimum Gasteiger partial charge on any atom is -0.326 e. The molecule has 0 saturated heterocycles. The first-order valence-electron chi connectivity index (χ1n) is 7.61. The van der Waals surface area contributed by atoms with Gasteiger partial charge < -0.3 is 16.4 Å². The number of halogens is 1. The van der Waals surface area contributed by atoms with Crippen LogP contribution in [0.3, 0.4) is 0 Å². The van der Waals surface area contributed by atoms with Gasteiger partial charge in [0.1, 0.15) is 0 Å². The largest absolute Gasteiger partial charge is 0.326 e. The van der Waals surface area contributed by atoms with E-state index in [1.807, 2.05) is 0 Å². The lowest BCUT2D eigenvalue weighted by Gasteiger charge is -2.14. The number of carbonyl (C=O) groups is 3. The van der Waals surface area contributed by atoms with Crippen molar-refractivity contribution >= 4 is 54.0 Å². The number of thiol groups is 1. The van der Waals surface area contributed by atoms with Crippen molar-refractivity contribution in [2.75, 3.05) is 16.4 Å². The van der Waals surface area contributed by atoms with E-state index in [4.69, 9.17) is 5.73 Å². The van der Waals surface area contributed by atoms with Crippen molar-refractivity contribution in [2.45, 2.75) is 13.0 Å². The highest BCUT2D eigenvalue weighted by atomic mass is 35.5. The standard InChI is InChI=1S/C18H19N3O3S.ClH/c1-11(22)20-16-8-7-13(21-18(24)15(19)10-25)9-14(16)17(23)12-5-3-2-4-6-12;/h2-9,15,25H,10,19H2,1H3,(H,20,22)(H,21,24);1H/t15-;/m0./s1. The molecule has 0 aliphatic heterocycles. The maximum Gasteiger partial charge on any atom is 0.242 e. The molecule has 0 aromatic heterocycles. The van der Waals surface area contributed by atoms with Crippen molar-refractivity contribution in [3.63, 3.8) is 0 Å². The first kappa shape index (κ1) is 21.7. The molecule has 0 radical (unpaired) electrons. The van der Waals surface area contributed by atoms with E-state index < -0.39 is 11.9 Å². The van der Waals surface area contributed by atoms with E-state index in [0.717, 1.165) is 0 Å². The summed E-state index contributed by atoms with van der Waals surface area (Å²) in [5, 5.41) is 5.27. The highest BCUT2D eigenvalue weighted by Crippen LogP contribution is 2.24. The van der Waals surface area contributed by atoms with Gasteiger partial charge in [0.2, 0.25) is 11.8 Å². The fourth-order valence-electron chi connectivity index (χ4n) is 2.17. The lowest BCUT2D eigenvalue weighted by Crippen LogP contribution is -2.37. The van der Waals surface area contributed by atoms with E-state index >= 15 is 0 Å². The van der Waals surface area contributed by atoms with Gasteiger partial charge in [-0.15, -0.1) is 12.4 Å². The molecule has 0 bridgehead atoms.